The molecule has 0 spiro atoms. The monoisotopic (exact) mass is 753 g/mol. The highest BCUT2D eigenvalue weighted by molar-refractivity contribution is 5.72. The van der Waals surface area contributed by atoms with Crippen LogP contribution in [-0.4, -0.2) is 80.6 Å². The number of nitrogens with zero attached hydrogens (tertiary/aromatic N) is 1. The molecule has 0 heterocycles. The van der Waals surface area contributed by atoms with Crippen LogP contribution in [0.2, 0.25) is 0 Å². The van der Waals surface area contributed by atoms with E-state index in [0.29, 0.717) is 19.3 Å². The first-order chi connectivity index (χ1) is 26.1. The predicted octanol–water partition coefficient (Wildman–Crippen LogP) is 10.7. The van der Waals surface area contributed by atoms with Gasteiger partial charge in [-0.05, 0) is 64.2 Å². The molecule has 8 heteroatoms. The smallest absolute Gasteiger partial charge is 0.362 e. The highest BCUT2D eigenvalue weighted by Gasteiger charge is 2.31. The van der Waals surface area contributed by atoms with Crippen LogP contribution in [0.25, 0.3) is 0 Å². The molecule has 0 fully saturated rings. The van der Waals surface area contributed by atoms with Crippen molar-refractivity contribution in [2.45, 2.75) is 135 Å². The molecule has 0 amide bonds. The Morgan fingerprint density at radius 3 is 1.74 bits per heavy atom. The van der Waals surface area contributed by atoms with E-state index in [4.69, 9.17) is 14.2 Å². The second kappa shape index (κ2) is 36.2. The van der Waals surface area contributed by atoms with E-state index in [1.807, 2.05) is 57.6 Å². The molecule has 0 radical (unpaired) electrons. The Morgan fingerprint density at radius 2 is 1.11 bits per heavy atom. The third-order valence-electron chi connectivity index (χ3n) is 8.33. The van der Waals surface area contributed by atoms with Crippen molar-refractivity contribution in [3.05, 3.63) is 97.2 Å². The Labute approximate surface area is 328 Å². The van der Waals surface area contributed by atoms with Gasteiger partial charge in [0.25, 0.3) is 0 Å². The minimum atomic E-state index is -0.891. The van der Waals surface area contributed by atoms with Crippen LogP contribution in [0, 0.1) is 0 Å². The quantitative estimate of drug-likeness (QED) is 0.0230. The Bertz CT molecular complexity index is 1200. The number of carboxylic acid groups (broad SMARTS) is 1. The Balaban J connectivity index is 4.52. The van der Waals surface area contributed by atoms with E-state index in [1.54, 1.807) is 0 Å². The molecule has 54 heavy (non-hydrogen) atoms. The van der Waals surface area contributed by atoms with Crippen LogP contribution in [-0.2, 0) is 28.6 Å². The summed E-state index contributed by atoms with van der Waals surface area (Å²) in [5.74, 6) is -1.57. The molecule has 0 saturated carbocycles. The maximum Gasteiger partial charge on any atom is 0.362 e. The summed E-state index contributed by atoms with van der Waals surface area (Å²) in [6, 6.07) is -0.631. The van der Waals surface area contributed by atoms with Crippen molar-refractivity contribution in [1.29, 1.82) is 0 Å². The third-order valence-corrected chi connectivity index (χ3v) is 8.33. The topological polar surface area (TPSA) is 99.1 Å². The van der Waals surface area contributed by atoms with Gasteiger partial charge in [0.2, 0.25) is 0 Å². The largest absolute Gasteiger partial charge is 0.477 e. The molecule has 304 valence electrons. The zero-order valence-corrected chi connectivity index (χ0v) is 34.4. The second-order valence-electron chi connectivity index (χ2n) is 14.3. The van der Waals surface area contributed by atoms with Crippen molar-refractivity contribution < 1.29 is 38.2 Å². The molecule has 0 bridgehead atoms. The highest BCUT2D eigenvalue weighted by Crippen LogP contribution is 2.12. The zero-order valence-electron chi connectivity index (χ0n) is 34.4. The Kier molecular flexibility index (Phi) is 33.7. The van der Waals surface area contributed by atoms with E-state index in [2.05, 4.69) is 74.6 Å². The van der Waals surface area contributed by atoms with E-state index < -0.39 is 18.1 Å². The molecule has 2 atom stereocenters. The average Bonchev–Trinajstić information content (AvgIpc) is 3.12. The number of esters is 2. The number of carboxylic acids is 1. The number of carbonyl (C=O) groups is 3. The van der Waals surface area contributed by atoms with Crippen LogP contribution in [0.4, 0.5) is 0 Å². The van der Waals surface area contributed by atoms with E-state index >= 15 is 0 Å². The molecular formula is C46H74NO7+. The van der Waals surface area contributed by atoms with Gasteiger partial charge in [0.15, 0.2) is 12.1 Å². The van der Waals surface area contributed by atoms with Gasteiger partial charge in [-0.2, -0.15) is 0 Å². The first-order valence-electron chi connectivity index (χ1n) is 20.3. The Morgan fingerprint density at radius 1 is 0.593 bits per heavy atom. The molecule has 8 nitrogen and oxygen atoms in total. The van der Waals surface area contributed by atoms with Crippen LogP contribution in [0.1, 0.15) is 123 Å². The van der Waals surface area contributed by atoms with Crippen molar-refractivity contribution in [2.24, 2.45) is 0 Å². The normalized spacial score (nSPS) is 14.0. The van der Waals surface area contributed by atoms with E-state index in [-0.39, 0.29) is 42.7 Å². The summed E-state index contributed by atoms with van der Waals surface area (Å²) in [5, 5.41) is 9.60. The lowest BCUT2D eigenvalue weighted by Crippen LogP contribution is -2.50. The summed E-state index contributed by atoms with van der Waals surface area (Å²) in [7, 11) is 5.48. The van der Waals surface area contributed by atoms with E-state index in [0.717, 1.165) is 77.0 Å². The van der Waals surface area contributed by atoms with Gasteiger partial charge in [-0.3, -0.25) is 9.59 Å². The summed E-state index contributed by atoms with van der Waals surface area (Å²) in [5.41, 5.74) is 0. The number of quaternary nitrogens is 1. The number of likely N-dealkylation sites (N-methyl/N-ethyl adjacent to an activating group) is 1. The van der Waals surface area contributed by atoms with Crippen molar-refractivity contribution in [3.63, 3.8) is 0 Å². The van der Waals surface area contributed by atoms with Crippen molar-refractivity contribution in [1.82, 2.24) is 0 Å². The van der Waals surface area contributed by atoms with Crippen molar-refractivity contribution in [3.8, 4) is 0 Å². The lowest BCUT2D eigenvalue weighted by Gasteiger charge is -2.31. The van der Waals surface area contributed by atoms with Crippen LogP contribution >= 0.6 is 0 Å². The SMILES string of the molecule is CC/C=C/C/C=C/C/C=C/CCCCC(=O)OCC(COCCC(C(=O)O)[N+](C)(C)C)OC(=O)CCCCCCC/C=C/C=C/C=C/C=C/C=C/CCC. The minimum Gasteiger partial charge on any atom is -0.477 e. The lowest BCUT2D eigenvalue weighted by molar-refractivity contribution is -0.887. The van der Waals surface area contributed by atoms with Gasteiger partial charge in [-0.15, -0.1) is 0 Å². The molecule has 0 aromatic carbocycles. The van der Waals surface area contributed by atoms with Gasteiger partial charge in [-0.25, -0.2) is 4.79 Å². The molecule has 2 unspecified atom stereocenters. The Hall–Kier alpha value is -3.75. The van der Waals surface area contributed by atoms with Crippen molar-refractivity contribution >= 4 is 17.9 Å². The third kappa shape index (κ3) is 34.0. The lowest BCUT2D eigenvalue weighted by atomic mass is 10.1. The maximum absolute atomic E-state index is 12.7. The second-order valence-corrected chi connectivity index (χ2v) is 14.3. The molecule has 1 N–H and O–H groups in total. The molecule has 0 rings (SSSR count). The van der Waals surface area contributed by atoms with Crippen LogP contribution < -0.4 is 0 Å². The first-order valence-corrected chi connectivity index (χ1v) is 20.3. The van der Waals surface area contributed by atoms with Crippen molar-refractivity contribution in [2.75, 3.05) is 41.0 Å². The summed E-state index contributed by atoms with van der Waals surface area (Å²) < 4.78 is 17.2. The summed E-state index contributed by atoms with van der Waals surface area (Å²) >= 11 is 0. The number of rotatable bonds is 34. The maximum atomic E-state index is 12.7. The standard InChI is InChI=1S/C46H73NO7/c1-6-8-10-12-14-16-18-20-21-22-23-24-25-27-29-31-33-35-37-45(49)54-42(40-52-39-38-43(46(50)51)47(3,4)5)41-53-44(48)36-34-32-30-28-26-19-17-15-13-11-9-7-2/h9-12,14-18,20-24,26,28,42-43H,6-8,13,19,25,27,29-41H2,1-5H3/p+1/b11-9+,12-10+,16-14+,17-15+,20-18+,22-21+,24-23+,28-26+. The van der Waals surface area contributed by atoms with Crippen LogP contribution in [0.3, 0.4) is 0 Å². The van der Waals surface area contributed by atoms with Gasteiger partial charge in [0, 0.05) is 19.3 Å². The number of ether oxygens (including phenoxy) is 3. The molecule has 0 aliphatic heterocycles. The zero-order chi connectivity index (χ0) is 40.0. The molecule has 0 aliphatic rings. The molecule has 0 aromatic rings. The average molecular weight is 753 g/mol. The number of carbonyl (C=O) groups excluding carboxylic acids is 2. The molecule has 0 aliphatic carbocycles. The highest BCUT2D eigenvalue weighted by atomic mass is 16.6. The van der Waals surface area contributed by atoms with Gasteiger partial charge in [-0.1, -0.05) is 137 Å². The fourth-order valence-corrected chi connectivity index (χ4v) is 5.19. The number of unbranched alkanes of at least 4 members (excludes halogenated alkanes) is 8. The summed E-state index contributed by atoms with van der Waals surface area (Å²) in [6.07, 6.45) is 47.4. The fourth-order valence-electron chi connectivity index (χ4n) is 5.19. The predicted molar refractivity (Wildman–Crippen MR) is 224 cm³/mol. The number of hydrogen-bond acceptors (Lipinski definition) is 6. The fraction of sp³-hybridized carbons (Fsp3) is 0.587. The summed E-state index contributed by atoms with van der Waals surface area (Å²) in [4.78, 5) is 36.9. The number of allylic oxidation sites excluding steroid dienone is 16. The number of aliphatic carboxylic acids is 1. The summed E-state index contributed by atoms with van der Waals surface area (Å²) in [6.45, 7) is 4.42. The first kappa shape index (κ1) is 50.2. The minimum absolute atomic E-state index is 0.0311. The van der Waals surface area contributed by atoms with E-state index in [9.17, 15) is 19.5 Å². The van der Waals surface area contributed by atoms with E-state index in [1.165, 1.54) is 6.42 Å². The van der Waals surface area contributed by atoms with Gasteiger partial charge >= 0.3 is 17.9 Å². The van der Waals surface area contributed by atoms with Crippen LogP contribution in [0.5, 0.6) is 0 Å². The van der Waals surface area contributed by atoms with Gasteiger partial charge in [0.05, 0.1) is 34.4 Å². The number of hydrogen-bond donors (Lipinski definition) is 1. The molecular weight excluding hydrogens is 679 g/mol. The van der Waals surface area contributed by atoms with Gasteiger partial charge < -0.3 is 23.8 Å². The van der Waals surface area contributed by atoms with Gasteiger partial charge in [0.1, 0.15) is 6.61 Å². The molecule has 0 aromatic heterocycles. The van der Waals surface area contributed by atoms with Crippen LogP contribution in [0.15, 0.2) is 97.2 Å². The molecule has 0 saturated heterocycles.